The van der Waals surface area contributed by atoms with E-state index < -0.39 is 0 Å². The van der Waals surface area contributed by atoms with Crippen molar-refractivity contribution in [1.82, 2.24) is 25.1 Å². The van der Waals surface area contributed by atoms with Crippen molar-refractivity contribution in [1.29, 1.82) is 0 Å². The number of hydrogen-bond acceptors (Lipinski definition) is 3. The summed E-state index contributed by atoms with van der Waals surface area (Å²) in [5.74, 6) is 0. The molecule has 0 saturated carbocycles. The zero-order valence-corrected chi connectivity index (χ0v) is 15.9. The van der Waals surface area contributed by atoms with Crippen LogP contribution in [0.5, 0.6) is 0 Å². The van der Waals surface area contributed by atoms with Crippen LogP contribution in [0.25, 0.3) is 22.4 Å². The fraction of sp³-hybridized carbons (Fsp3) is 0.217. The number of rotatable bonds is 4. The first-order chi connectivity index (χ1) is 13.8. The molecule has 2 N–H and O–H groups in total. The van der Waals surface area contributed by atoms with Gasteiger partial charge in [0.2, 0.25) is 0 Å². The van der Waals surface area contributed by atoms with Gasteiger partial charge in [-0.25, -0.2) is 4.98 Å². The van der Waals surface area contributed by atoms with Crippen LogP contribution in [-0.2, 0) is 19.5 Å². The number of H-pyrrole nitrogens is 2. The lowest BCUT2D eigenvalue weighted by Crippen LogP contribution is -2.30. The van der Waals surface area contributed by atoms with E-state index in [1.165, 1.54) is 22.4 Å². The first-order valence-corrected chi connectivity index (χ1v) is 9.71. The van der Waals surface area contributed by atoms with Crippen LogP contribution in [0.15, 0.2) is 60.9 Å². The van der Waals surface area contributed by atoms with Gasteiger partial charge in [0.15, 0.2) is 0 Å². The Morgan fingerprint density at radius 1 is 0.964 bits per heavy atom. The molecule has 0 amide bonds. The Morgan fingerprint density at radius 2 is 1.71 bits per heavy atom. The summed E-state index contributed by atoms with van der Waals surface area (Å²) in [7, 11) is 0. The summed E-state index contributed by atoms with van der Waals surface area (Å²) < 4.78 is 0. The lowest BCUT2D eigenvalue weighted by molar-refractivity contribution is 0.242. The number of imidazole rings is 1. The van der Waals surface area contributed by atoms with Gasteiger partial charge in [-0.2, -0.15) is 5.10 Å². The van der Waals surface area contributed by atoms with E-state index >= 15 is 0 Å². The van der Waals surface area contributed by atoms with Gasteiger partial charge in [0.05, 0.1) is 17.7 Å². The summed E-state index contributed by atoms with van der Waals surface area (Å²) in [4.78, 5) is 10.1. The Balaban J connectivity index is 1.39. The van der Waals surface area contributed by atoms with E-state index in [0.717, 1.165) is 48.7 Å². The molecule has 0 radical (unpaired) electrons. The van der Waals surface area contributed by atoms with Gasteiger partial charge in [-0.1, -0.05) is 54.6 Å². The first-order valence-electron chi connectivity index (χ1n) is 9.71. The maximum atomic E-state index is 4.65. The van der Waals surface area contributed by atoms with Gasteiger partial charge >= 0.3 is 0 Å². The SMILES string of the molecule is Cc1[nH]cnc1CN1CCc2[nH]nc(-c3ccc(-c4ccccc4)cc3)c2C1. The van der Waals surface area contributed by atoms with E-state index in [-0.39, 0.29) is 0 Å². The minimum atomic E-state index is 0.867. The molecule has 0 spiro atoms. The van der Waals surface area contributed by atoms with Crippen LogP contribution >= 0.6 is 0 Å². The summed E-state index contributed by atoms with van der Waals surface area (Å²) in [6, 6.07) is 19.2. The number of nitrogens with one attached hydrogen (secondary N) is 2. The molecule has 3 heterocycles. The smallest absolute Gasteiger partial charge is 0.0968 e. The van der Waals surface area contributed by atoms with Gasteiger partial charge < -0.3 is 4.98 Å². The highest BCUT2D eigenvalue weighted by Crippen LogP contribution is 2.30. The molecular formula is C23H23N5. The van der Waals surface area contributed by atoms with Crippen LogP contribution in [0.3, 0.4) is 0 Å². The van der Waals surface area contributed by atoms with Gasteiger partial charge in [0.1, 0.15) is 0 Å². The summed E-state index contributed by atoms with van der Waals surface area (Å²) in [5, 5.41) is 7.91. The molecule has 0 fully saturated rings. The Morgan fingerprint density at radius 3 is 2.46 bits per heavy atom. The second kappa shape index (κ2) is 7.09. The van der Waals surface area contributed by atoms with Gasteiger partial charge in [0.25, 0.3) is 0 Å². The molecule has 0 unspecified atom stereocenters. The topological polar surface area (TPSA) is 60.6 Å². The zero-order valence-electron chi connectivity index (χ0n) is 15.9. The highest BCUT2D eigenvalue weighted by molar-refractivity contribution is 5.70. The molecule has 0 aliphatic carbocycles. The standard InChI is InChI=1S/C23H23N5/c1-16-22(25-15-24-16)14-28-12-11-21-20(13-28)23(27-26-21)19-9-7-18(8-10-19)17-5-3-2-4-6-17/h2-10,15H,11-14H2,1H3,(H,24,25)(H,26,27). The van der Waals surface area contributed by atoms with Crippen LogP contribution in [0.4, 0.5) is 0 Å². The van der Waals surface area contributed by atoms with E-state index in [4.69, 9.17) is 0 Å². The molecule has 1 aliphatic heterocycles. The van der Waals surface area contributed by atoms with Crippen molar-refractivity contribution in [3.63, 3.8) is 0 Å². The summed E-state index contributed by atoms with van der Waals surface area (Å²) in [5.41, 5.74) is 9.54. The quantitative estimate of drug-likeness (QED) is 0.563. The van der Waals surface area contributed by atoms with Gasteiger partial charge in [0, 0.05) is 48.6 Å². The van der Waals surface area contributed by atoms with E-state index in [1.807, 2.05) is 6.07 Å². The number of aromatic nitrogens is 4. The number of nitrogens with zero attached hydrogens (tertiary/aromatic N) is 3. The Bertz CT molecular complexity index is 1080. The first kappa shape index (κ1) is 17.0. The minimum Gasteiger partial charge on any atom is -0.348 e. The minimum absolute atomic E-state index is 0.867. The second-order valence-corrected chi connectivity index (χ2v) is 7.41. The van der Waals surface area contributed by atoms with Crippen LogP contribution < -0.4 is 0 Å². The predicted octanol–water partition coefficient (Wildman–Crippen LogP) is 4.33. The molecule has 0 atom stereocenters. The van der Waals surface area contributed by atoms with Crippen molar-refractivity contribution in [3.05, 3.63) is 83.6 Å². The maximum Gasteiger partial charge on any atom is 0.0968 e. The molecule has 4 aromatic rings. The Labute approximate surface area is 164 Å². The lowest BCUT2D eigenvalue weighted by Gasteiger charge is -2.26. The van der Waals surface area contributed by atoms with Crippen molar-refractivity contribution < 1.29 is 0 Å². The summed E-state index contributed by atoms with van der Waals surface area (Å²) in [6.45, 7) is 4.86. The summed E-state index contributed by atoms with van der Waals surface area (Å²) >= 11 is 0. The van der Waals surface area contributed by atoms with E-state index in [1.54, 1.807) is 6.33 Å². The highest BCUT2D eigenvalue weighted by atomic mass is 15.2. The van der Waals surface area contributed by atoms with E-state index in [2.05, 4.69) is 80.5 Å². The molecule has 5 heteroatoms. The molecule has 140 valence electrons. The van der Waals surface area contributed by atoms with Gasteiger partial charge in [-0.15, -0.1) is 0 Å². The molecule has 2 aromatic heterocycles. The number of aromatic amines is 2. The summed E-state index contributed by atoms with van der Waals surface area (Å²) in [6.07, 6.45) is 2.77. The second-order valence-electron chi connectivity index (χ2n) is 7.41. The third kappa shape index (κ3) is 3.14. The average Bonchev–Trinajstić information content (AvgIpc) is 3.35. The molecular weight excluding hydrogens is 346 g/mol. The predicted molar refractivity (Wildman–Crippen MR) is 111 cm³/mol. The third-order valence-electron chi connectivity index (χ3n) is 5.59. The third-order valence-corrected chi connectivity index (χ3v) is 5.59. The Hall–Kier alpha value is -3.18. The molecule has 5 nitrogen and oxygen atoms in total. The van der Waals surface area contributed by atoms with Crippen molar-refractivity contribution in [3.8, 4) is 22.4 Å². The lowest BCUT2D eigenvalue weighted by atomic mass is 9.98. The van der Waals surface area contributed by atoms with Crippen LogP contribution in [0, 0.1) is 6.92 Å². The van der Waals surface area contributed by atoms with Crippen LogP contribution in [0.2, 0.25) is 0 Å². The van der Waals surface area contributed by atoms with Crippen molar-refractivity contribution in [2.45, 2.75) is 26.4 Å². The Kier molecular flexibility index (Phi) is 4.29. The van der Waals surface area contributed by atoms with Crippen molar-refractivity contribution in [2.24, 2.45) is 0 Å². The largest absolute Gasteiger partial charge is 0.348 e. The monoisotopic (exact) mass is 369 g/mol. The van der Waals surface area contributed by atoms with Crippen molar-refractivity contribution in [2.75, 3.05) is 6.54 Å². The fourth-order valence-electron chi connectivity index (χ4n) is 3.93. The highest BCUT2D eigenvalue weighted by Gasteiger charge is 2.23. The zero-order chi connectivity index (χ0) is 18.9. The normalized spacial score (nSPS) is 14.2. The molecule has 0 saturated heterocycles. The van der Waals surface area contributed by atoms with Gasteiger partial charge in [-0.3, -0.25) is 10.00 Å². The van der Waals surface area contributed by atoms with Crippen molar-refractivity contribution >= 4 is 0 Å². The molecule has 28 heavy (non-hydrogen) atoms. The fourth-order valence-corrected chi connectivity index (χ4v) is 3.93. The average molecular weight is 369 g/mol. The molecule has 5 rings (SSSR count). The number of fused-ring (bicyclic) bond motifs is 1. The molecule has 2 aromatic carbocycles. The number of aryl methyl sites for hydroxylation is 1. The van der Waals surface area contributed by atoms with Gasteiger partial charge in [-0.05, 0) is 18.1 Å². The number of benzene rings is 2. The van der Waals surface area contributed by atoms with E-state index in [9.17, 15) is 0 Å². The van der Waals surface area contributed by atoms with Crippen LogP contribution in [-0.4, -0.2) is 31.6 Å². The van der Waals surface area contributed by atoms with E-state index in [0.29, 0.717) is 0 Å². The van der Waals surface area contributed by atoms with Crippen LogP contribution in [0.1, 0.15) is 22.6 Å². The molecule has 0 bridgehead atoms. The number of hydrogen-bond donors (Lipinski definition) is 2. The maximum absolute atomic E-state index is 4.65. The molecule has 1 aliphatic rings.